The van der Waals surface area contributed by atoms with Crippen LogP contribution in [0, 0.1) is 6.92 Å². The van der Waals surface area contributed by atoms with Crippen LogP contribution in [0.5, 0.6) is 11.9 Å². The van der Waals surface area contributed by atoms with Crippen molar-refractivity contribution >= 4 is 0 Å². The molecule has 1 rings (SSSR count). The number of nitrogens with zero attached hydrogens (tertiary/aromatic N) is 1. The van der Waals surface area contributed by atoms with Crippen molar-refractivity contribution in [3.63, 3.8) is 0 Å². The summed E-state index contributed by atoms with van der Waals surface area (Å²) in [7, 11) is 0. The van der Waals surface area contributed by atoms with Crippen LogP contribution in [0.3, 0.4) is 0 Å². The van der Waals surface area contributed by atoms with Crippen LogP contribution in [0.4, 0.5) is 0 Å². The largest absolute Gasteiger partial charge is 0.477 e. The highest BCUT2D eigenvalue weighted by atomic mass is 16.5. The maximum atomic E-state index is 5.24. The predicted octanol–water partition coefficient (Wildman–Crippen LogP) is 1.52. The summed E-state index contributed by atoms with van der Waals surface area (Å²) >= 11 is 0. The lowest BCUT2D eigenvalue weighted by molar-refractivity contribution is 0.301. The Morgan fingerprint density at radius 1 is 1.25 bits per heavy atom. The van der Waals surface area contributed by atoms with Gasteiger partial charge in [0.05, 0.1) is 18.9 Å². The average Bonchev–Trinajstić information content (AvgIpc) is 2.34. The molecule has 68 valence electrons. The summed E-state index contributed by atoms with van der Waals surface area (Å²) in [5, 5.41) is 0. The molecule has 0 aliphatic rings. The molecule has 0 aliphatic carbocycles. The molecule has 4 nitrogen and oxygen atoms in total. The van der Waals surface area contributed by atoms with E-state index in [0.717, 1.165) is 5.69 Å². The second kappa shape index (κ2) is 3.99. The van der Waals surface area contributed by atoms with Crippen molar-refractivity contribution in [3.8, 4) is 11.9 Å². The van der Waals surface area contributed by atoms with Crippen molar-refractivity contribution in [1.82, 2.24) is 9.97 Å². The van der Waals surface area contributed by atoms with Crippen molar-refractivity contribution < 1.29 is 9.47 Å². The van der Waals surface area contributed by atoms with Gasteiger partial charge in [0.1, 0.15) is 0 Å². The summed E-state index contributed by atoms with van der Waals surface area (Å²) in [5.74, 6) is 0.626. The van der Waals surface area contributed by atoms with Gasteiger partial charge < -0.3 is 14.5 Å². The number of rotatable bonds is 4. The van der Waals surface area contributed by atoms with E-state index in [9.17, 15) is 0 Å². The molecule has 0 spiro atoms. The van der Waals surface area contributed by atoms with Gasteiger partial charge in [-0.2, -0.15) is 4.98 Å². The molecule has 1 N–H and O–H groups in total. The molecule has 0 radical (unpaired) electrons. The molecule has 0 aliphatic heterocycles. The first kappa shape index (κ1) is 8.90. The van der Waals surface area contributed by atoms with Crippen molar-refractivity contribution in [3.05, 3.63) is 5.69 Å². The SMILES string of the molecule is CCOc1nc(OCC)c(C)[nH]1. The Morgan fingerprint density at radius 3 is 2.50 bits per heavy atom. The molecule has 0 saturated heterocycles. The number of hydrogen-bond donors (Lipinski definition) is 1. The van der Waals surface area contributed by atoms with Gasteiger partial charge in [-0.1, -0.05) is 0 Å². The Bertz CT molecular complexity index is 245. The van der Waals surface area contributed by atoms with E-state index in [1.165, 1.54) is 0 Å². The molecule has 0 saturated carbocycles. The molecule has 0 amide bonds. The molecule has 0 bridgehead atoms. The number of hydrogen-bond acceptors (Lipinski definition) is 3. The van der Waals surface area contributed by atoms with Gasteiger partial charge in [0.2, 0.25) is 5.88 Å². The lowest BCUT2D eigenvalue weighted by Crippen LogP contribution is -1.94. The Labute approximate surface area is 71.9 Å². The van der Waals surface area contributed by atoms with Gasteiger partial charge in [-0.3, -0.25) is 0 Å². The summed E-state index contributed by atoms with van der Waals surface area (Å²) < 4.78 is 10.4. The van der Waals surface area contributed by atoms with Crippen LogP contribution in [-0.2, 0) is 0 Å². The zero-order valence-electron chi connectivity index (χ0n) is 7.68. The van der Waals surface area contributed by atoms with Crippen LogP contribution >= 0.6 is 0 Å². The molecule has 1 aromatic rings. The van der Waals surface area contributed by atoms with Gasteiger partial charge in [0, 0.05) is 0 Å². The fourth-order valence-electron chi connectivity index (χ4n) is 0.900. The molecule has 4 heteroatoms. The van der Waals surface area contributed by atoms with E-state index < -0.39 is 0 Å². The fraction of sp³-hybridized carbons (Fsp3) is 0.625. The molecule has 0 atom stereocenters. The molecule has 0 fully saturated rings. The first-order valence-corrected chi connectivity index (χ1v) is 4.10. The molecular weight excluding hydrogens is 156 g/mol. The van der Waals surface area contributed by atoms with E-state index >= 15 is 0 Å². The Kier molecular flexibility index (Phi) is 2.96. The molecule has 1 heterocycles. The van der Waals surface area contributed by atoms with Crippen LogP contribution in [-0.4, -0.2) is 23.2 Å². The highest BCUT2D eigenvalue weighted by Crippen LogP contribution is 2.17. The Balaban J connectivity index is 2.70. The zero-order valence-corrected chi connectivity index (χ0v) is 7.68. The molecular formula is C8H14N2O2. The number of aromatic nitrogens is 2. The van der Waals surface area contributed by atoms with Crippen LogP contribution in [0.25, 0.3) is 0 Å². The highest BCUT2D eigenvalue weighted by Gasteiger charge is 2.06. The average molecular weight is 170 g/mol. The third kappa shape index (κ3) is 1.90. The second-order valence-electron chi connectivity index (χ2n) is 2.34. The van der Waals surface area contributed by atoms with Crippen molar-refractivity contribution in [2.75, 3.05) is 13.2 Å². The van der Waals surface area contributed by atoms with Gasteiger partial charge in [-0.05, 0) is 20.8 Å². The van der Waals surface area contributed by atoms with Crippen molar-refractivity contribution in [2.24, 2.45) is 0 Å². The molecule has 1 aromatic heterocycles. The smallest absolute Gasteiger partial charge is 0.297 e. The number of aromatic amines is 1. The maximum Gasteiger partial charge on any atom is 0.297 e. The topological polar surface area (TPSA) is 47.1 Å². The summed E-state index contributed by atoms with van der Waals surface area (Å²) in [6, 6.07) is 0.526. The quantitative estimate of drug-likeness (QED) is 0.745. The van der Waals surface area contributed by atoms with Crippen LogP contribution < -0.4 is 9.47 Å². The minimum absolute atomic E-state index is 0.526. The predicted molar refractivity (Wildman–Crippen MR) is 45.7 cm³/mol. The lowest BCUT2D eigenvalue weighted by Gasteiger charge is -1.96. The minimum Gasteiger partial charge on any atom is -0.477 e. The minimum atomic E-state index is 0.526. The standard InChI is InChI=1S/C8H14N2O2/c1-4-11-7-6(3)9-8(10-7)12-5-2/h4-5H2,1-3H3,(H,9,10). The maximum absolute atomic E-state index is 5.24. The summed E-state index contributed by atoms with van der Waals surface area (Å²) in [6.07, 6.45) is 0. The van der Waals surface area contributed by atoms with Gasteiger partial charge in [0.25, 0.3) is 6.01 Å². The van der Waals surface area contributed by atoms with Crippen LogP contribution in [0.2, 0.25) is 0 Å². The van der Waals surface area contributed by atoms with E-state index in [1.54, 1.807) is 0 Å². The Hall–Kier alpha value is -1.19. The van der Waals surface area contributed by atoms with Crippen molar-refractivity contribution in [1.29, 1.82) is 0 Å². The third-order valence-corrected chi connectivity index (χ3v) is 1.38. The van der Waals surface area contributed by atoms with E-state index in [-0.39, 0.29) is 0 Å². The van der Waals surface area contributed by atoms with E-state index in [1.807, 2.05) is 20.8 Å². The van der Waals surface area contributed by atoms with Gasteiger partial charge in [-0.25, -0.2) is 0 Å². The summed E-state index contributed by atoms with van der Waals surface area (Å²) in [4.78, 5) is 7.06. The lowest BCUT2D eigenvalue weighted by atomic mass is 10.5. The number of nitrogens with one attached hydrogen (secondary N) is 1. The molecule has 12 heavy (non-hydrogen) atoms. The van der Waals surface area contributed by atoms with E-state index in [2.05, 4.69) is 9.97 Å². The number of aryl methyl sites for hydroxylation is 1. The molecule has 0 unspecified atom stereocenters. The summed E-state index contributed by atoms with van der Waals surface area (Å²) in [6.45, 7) is 6.98. The second-order valence-corrected chi connectivity index (χ2v) is 2.34. The fourth-order valence-corrected chi connectivity index (χ4v) is 0.900. The van der Waals surface area contributed by atoms with Crippen molar-refractivity contribution in [2.45, 2.75) is 20.8 Å². The number of imidazole rings is 1. The van der Waals surface area contributed by atoms with Gasteiger partial charge in [0.15, 0.2) is 0 Å². The number of ether oxygens (including phenoxy) is 2. The Morgan fingerprint density at radius 2 is 1.92 bits per heavy atom. The highest BCUT2D eigenvalue weighted by molar-refractivity contribution is 5.21. The monoisotopic (exact) mass is 170 g/mol. The van der Waals surface area contributed by atoms with Gasteiger partial charge in [-0.15, -0.1) is 0 Å². The third-order valence-electron chi connectivity index (χ3n) is 1.38. The normalized spacial score (nSPS) is 9.92. The molecule has 0 aromatic carbocycles. The summed E-state index contributed by atoms with van der Waals surface area (Å²) in [5.41, 5.74) is 0.903. The van der Waals surface area contributed by atoms with Gasteiger partial charge >= 0.3 is 0 Å². The first-order valence-electron chi connectivity index (χ1n) is 4.10. The van der Waals surface area contributed by atoms with E-state index in [0.29, 0.717) is 25.1 Å². The van der Waals surface area contributed by atoms with Crippen LogP contribution in [0.15, 0.2) is 0 Å². The van der Waals surface area contributed by atoms with Crippen LogP contribution in [0.1, 0.15) is 19.5 Å². The zero-order chi connectivity index (χ0) is 8.97. The first-order chi connectivity index (χ1) is 5.77. The van der Waals surface area contributed by atoms with E-state index in [4.69, 9.17) is 9.47 Å². The number of H-pyrrole nitrogens is 1.